The first kappa shape index (κ1) is 24.9. The molecule has 0 radical (unpaired) electrons. The number of likely N-dealkylation sites (N-methyl/N-ethyl adjacent to an activating group) is 1. The monoisotopic (exact) mass is 523 g/mol. The second-order valence-electron chi connectivity index (χ2n) is 10.7. The number of likely N-dealkylation sites (tertiary alicyclic amines) is 1. The summed E-state index contributed by atoms with van der Waals surface area (Å²) in [6.07, 6.45) is 5.91. The number of piperazine rings is 1. The van der Waals surface area contributed by atoms with Crippen LogP contribution in [0, 0.1) is 0 Å². The number of aromatic nitrogens is 3. The molecule has 2 saturated heterocycles. The van der Waals surface area contributed by atoms with Crippen molar-refractivity contribution in [2.75, 3.05) is 35.7 Å². The number of hydrogen-bond donors (Lipinski definition) is 2. The van der Waals surface area contributed by atoms with Crippen LogP contribution in [0.1, 0.15) is 44.1 Å². The van der Waals surface area contributed by atoms with Gasteiger partial charge in [-0.3, -0.25) is 4.90 Å². The largest absolute Gasteiger partial charge is 0.418 e. The topological polar surface area (TPSA) is 69.2 Å². The first-order chi connectivity index (χ1) is 18.3. The number of pyridine rings is 1. The Hall–Kier alpha value is -3.40. The lowest BCUT2D eigenvalue weighted by Gasteiger charge is -2.35. The molecular weight excluding hydrogens is 491 g/mol. The lowest BCUT2D eigenvalue weighted by molar-refractivity contribution is -0.137. The Morgan fingerprint density at radius 2 is 1.79 bits per heavy atom. The molecule has 2 aliphatic heterocycles. The molecule has 1 saturated carbocycles. The SMILES string of the molecule is CN1CC2CC1CN2c1ccc(Nc2nccc(-c3ccc(NC4CCCCC4)nc3)n2)cc1C(F)(F)F. The second kappa shape index (κ2) is 10.1. The number of hydrogen-bond acceptors (Lipinski definition) is 7. The summed E-state index contributed by atoms with van der Waals surface area (Å²) in [6, 6.07) is 10.9. The Balaban J connectivity index is 1.19. The van der Waals surface area contributed by atoms with Gasteiger partial charge in [-0.25, -0.2) is 15.0 Å². The zero-order chi connectivity index (χ0) is 26.3. The van der Waals surface area contributed by atoms with E-state index in [-0.39, 0.29) is 17.7 Å². The van der Waals surface area contributed by atoms with E-state index in [0.29, 0.717) is 30.0 Å². The van der Waals surface area contributed by atoms with Gasteiger partial charge in [-0.05, 0) is 62.7 Å². The molecule has 3 aliphatic rings. The minimum Gasteiger partial charge on any atom is -0.367 e. The highest BCUT2D eigenvalue weighted by molar-refractivity contribution is 5.67. The van der Waals surface area contributed by atoms with Gasteiger partial charge >= 0.3 is 6.18 Å². The summed E-state index contributed by atoms with van der Waals surface area (Å²) in [7, 11) is 2.03. The Morgan fingerprint density at radius 1 is 0.947 bits per heavy atom. The highest BCUT2D eigenvalue weighted by Crippen LogP contribution is 2.43. The van der Waals surface area contributed by atoms with Crippen molar-refractivity contribution in [3.05, 3.63) is 54.4 Å². The van der Waals surface area contributed by atoms with Gasteiger partial charge in [-0.1, -0.05) is 19.3 Å². The molecule has 38 heavy (non-hydrogen) atoms. The summed E-state index contributed by atoms with van der Waals surface area (Å²) in [5.41, 5.74) is 1.35. The fourth-order valence-corrected chi connectivity index (χ4v) is 6.05. The van der Waals surface area contributed by atoms with E-state index in [0.717, 1.165) is 43.3 Å². The maximum atomic E-state index is 14.1. The zero-order valence-corrected chi connectivity index (χ0v) is 21.4. The molecule has 2 unspecified atom stereocenters. The molecular formula is C28H32F3N7. The van der Waals surface area contributed by atoms with E-state index in [2.05, 4.69) is 30.5 Å². The lowest BCUT2D eigenvalue weighted by atomic mass is 9.95. The molecule has 7 nitrogen and oxygen atoms in total. The zero-order valence-electron chi connectivity index (χ0n) is 21.4. The first-order valence-electron chi connectivity index (χ1n) is 13.3. The van der Waals surface area contributed by atoms with Crippen LogP contribution in [-0.4, -0.2) is 58.1 Å². The van der Waals surface area contributed by atoms with Crippen molar-refractivity contribution in [1.82, 2.24) is 19.9 Å². The van der Waals surface area contributed by atoms with Crippen LogP contribution in [0.3, 0.4) is 0 Å². The molecule has 2 bridgehead atoms. The van der Waals surface area contributed by atoms with Gasteiger partial charge in [0.05, 0.1) is 11.3 Å². The maximum Gasteiger partial charge on any atom is 0.418 e. The lowest BCUT2D eigenvalue weighted by Crippen LogP contribution is -2.45. The average molecular weight is 524 g/mol. The van der Waals surface area contributed by atoms with Crippen molar-refractivity contribution in [2.45, 2.75) is 62.8 Å². The van der Waals surface area contributed by atoms with Crippen LogP contribution < -0.4 is 15.5 Å². The van der Waals surface area contributed by atoms with Gasteiger partial charge < -0.3 is 15.5 Å². The number of benzene rings is 1. The van der Waals surface area contributed by atoms with Crippen molar-refractivity contribution in [2.24, 2.45) is 0 Å². The normalized spacial score (nSPS) is 22.2. The van der Waals surface area contributed by atoms with Crippen molar-refractivity contribution in [3.63, 3.8) is 0 Å². The van der Waals surface area contributed by atoms with Gasteiger partial charge in [0.2, 0.25) is 5.95 Å². The highest BCUT2D eigenvalue weighted by Gasteiger charge is 2.44. The third-order valence-electron chi connectivity index (χ3n) is 8.05. The van der Waals surface area contributed by atoms with E-state index < -0.39 is 11.7 Å². The van der Waals surface area contributed by atoms with Crippen LogP contribution in [0.5, 0.6) is 0 Å². The molecule has 1 aromatic carbocycles. The highest BCUT2D eigenvalue weighted by atomic mass is 19.4. The number of anilines is 4. The van der Waals surface area contributed by atoms with Gasteiger partial charge in [0.25, 0.3) is 0 Å². The van der Waals surface area contributed by atoms with Crippen LogP contribution in [0.25, 0.3) is 11.3 Å². The summed E-state index contributed by atoms with van der Waals surface area (Å²) in [4.78, 5) is 17.5. The average Bonchev–Trinajstić information content (AvgIpc) is 3.49. The second-order valence-corrected chi connectivity index (χ2v) is 10.7. The smallest absolute Gasteiger partial charge is 0.367 e. The molecule has 3 fully saturated rings. The van der Waals surface area contributed by atoms with Crippen molar-refractivity contribution in [1.29, 1.82) is 0 Å². The van der Waals surface area contributed by atoms with Crippen molar-refractivity contribution >= 4 is 23.1 Å². The number of nitrogens with one attached hydrogen (secondary N) is 2. The van der Waals surface area contributed by atoms with Gasteiger partial charge in [-0.2, -0.15) is 13.2 Å². The molecule has 1 aliphatic carbocycles. The minimum atomic E-state index is -4.47. The molecule has 10 heteroatoms. The Kier molecular flexibility index (Phi) is 6.59. The number of halogens is 3. The number of nitrogens with zero attached hydrogens (tertiary/aromatic N) is 5. The van der Waals surface area contributed by atoms with Crippen LogP contribution in [-0.2, 0) is 6.18 Å². The Labute approximate surface area is 220 Å². The third-order valence-corrected chi connectivity index (χ3v) is 8.05. The number of fused-ring (bicyclic) bond motifs is 2. The summed E-state index contributed by atoms with van der Waals surface area (Å²) in [6.45, 7) is 1.40. The standard InChI is InChI=1S/C28H32F3N7/c1-37-16-22-14-21(37)17-38(22)25-9-8-20(13-23(25)28(29,30)31)35-27-32-12-11-24(36-27)18-7-10-26(33-15-18)34-19-5-3-2-4-6-19/h7-13,15,19,21-22H,2-6,14,16-17H2,1H3,(H,33,34)(H,32,35,36). The van der Waals surface area contributed by atoms with E-state index in [1.165, 1.54) is 19.3 Å². The molecule has 0 amide bonds. The molecule has 0 spiro atoms. The number of rotatable bonds is 6. The predicted octanol–water partition coefficient (Wildman–Crippen LogP) is 5.94. The molecule has 2 N–H and O–H groups in total. The van der Waals surface area contributed by atoms with Crippen LogP contribution in [0.15, 0.2) is 48.8 Å². The van der Waals surface area contributed by atoms with Crippen LogP contribution in [0.2, 0.25) is 0 Å². The molecule has 200 valence electrons. The third kappa shape index (κ3) is 5.14. The van der Waals surface area contributed by atoms with Crippen LogP contribution >= 0.6 is 0 Å². The Bertz CT molecular complexity index is 1270. The van der Waals surface area contributed by atoms with Gasteiger partial charge in [0.15, 0.2) is 0 Å². The maximum absolute atomic E-state index is 14.1. The number of alkyl halides is 3. The summed E-state index contributed by atoms with van der Waals surface area (Å²) in [5.74, 6) is 1.07. The Morgan fingerprint density at radius 3 is 2.47 bits per heavy atom. The summed E-state index contributed by atoms with van der Waals surface area (Å²) < 4.78 is 42.3. The van der Waals surface area contributed by atoms with Crippen molar-refractivity contribution < 1.29 is 13.2 Å². The van der Waals surface area contributed by atoms with Gasteiger partial charge in [0, 0.05) is 60.5 Å². The quantitative estimate of drug-likeness (QED) is 0.415. The van der Waals surface area contributed by atoms with Gasteiger partial charge in [0.1, 0.15) is 5.82 Å². The van der Waals surface area contributed by atoms with E-state index in [1.807, 2.05) is 24.1 Å². The molecule has 6 rings (SSSR count). The molecule has 2 atom stereocenters. The summed E-state index contributed by atoms with van der Waals surface area (Å²) in [5, 5.41) is 6.47. The molecule has 4 heterocycles. The van der Waals surface area contributed by atoms with E-state index in [9.17, 15) is 13.2 Å². The van der Waals surface area contributed by atoms with Crippen molar-refractivity contribution in [3.8, 4) is 11.3 Å². The molecule has 2 aromatic heterocycles. The molecule has 3 aromatic rings. The van der Waals surface area contributed by atoms with Crippen LogP contribution in [0.4, 0.5) is 36.3 Å². The van der Waals surface area contributed by atoms with E-state index >= 15 is 0 Å². The minimum absolute atomic E-state index is 0.114. The summed E-state index contributed by atoms with van der Waals surface area (Å²) >= 11 is 0. The predicted molar refractivity (Wildman–Crippen MR) is 143 cm³/mol. The first-order valence-corrected chi connectivity index (χ1v) is 13.3. The van der Waals surface area contributed by atoms with E-state index in [4.69, 9.17) is 0 Å². The fourth-order valence-electron chi connectivity index (χ4n) is 6.05. The fraction of sp³-hybridized carbons (Fsp3) is 0.464. The van der Waals surface area contributed by atoms with Gasteiger partial charge in [-0.15, -0.1) is 0 Å². The van der Waals surface area contributed by atoms with E-state index in [1.54, 1.807) is 30.6 Å².